The van der Waals surface area contributed by atoms with E-state index in [2.05, 4.69) is 95.2 Å². The summed E-state index contributed by atoms with van der Waals surface area (Å²) in [5.74, 6) is 0.269. The van der Waals surface area contributed by atoms with Gasteiger partial charge in [0.05, 0.1) is 18.6 Å². The molecule has 1 fully saturated rings. The Balaban J connectivity index is 0.000000255. The molecule has 0 aliphatic carbocycles. The predicted molar refractivity (Wildman–Crippen MR) is 185 cm³/mol. The summed E-state index contributed by atoms with van der Waals surface area (Å²) >= 11 is 0. The molecule has 4 rings (SSSR count). The molecule has 3 aromatic rings. The number of benzene rings is 3. The number of alkyl carbamates (subject to hydrolysis) is 1. The first-order chi connectivity index (χ1) is 22.1. The molecule has 1 atom stereocenters. The third-order valence-electron chi connectivity index (χ3n) is 7.10. The number of hydrogen-bond acceptors (Lipinski definition) is 7. The number of nitrogen functional groups attached to an aromatic ring is 1. The van der Waals surface area contributed by atoms with Gasteiger partial charge in [0.1, 0.15) is 0 Å². The van der Waals surface area contributed by atoms with Crippen LogP contribution < -0.4 is 21.7 Å². The van der Waals surface area contributed by atoms with Crippen LogP contribution in [0.15, 0.2) is 89.8 Å². The number of carbonyl (C=O) groups excluding carboxylic acids is 2. The average molecular weight is 654 g/mol. The van der Waals surface area contributed by atoms with Crippen LogP contribution in [-0.2, 0) is 26.0 Å². The van der Waals surface area contributed by atoms with E-state index in [-0.39, 0.29) is 18.5 Å². The Bertz CT molecular complexity index is 1340. The largest absolute Gasteiger partial charge is 0.453 e. The number of sulfonamides is 1. The number of nitrogens with zero attached hydrogens (tertiary/aromatic N) is 1. The van der Waals surface area contributed by atoms with E-state index in [9.17, 15) is 18.0 Å². The van der Waals surface area contributed by atoms with Crippen molar-refractivity contribution in [2.75, 3.05) is 45.6 Å². The summed E-state index contributed by atoms with van der Waals surface area (Å²) in [6.45, 7) is 8.94. The van der Waals surface area contributed by atoms with Crippen LogP contribution >= 0.6 is 0 Å². The van der Waals surface area contributed by atoms with Gasteiger partial charge in [-0.2, -0.15) is 4.31 Å². The number of methoxy groups -OCH3 is 1. The molecule has 0 radical (unpaired) electrons. The van der Waals surface area contributed by atoms with Gasteiger partial charge in [0, 0.05) is 31.4 Å². The number of ether oxygens (including phenoxy) is 1. The van der Waals surface area contributed by atoms with Gasteiger partial charge in [-0.05, 0) is 73.5 Å². The number of amides is 2. The number of carbonyl (C=O) groups is 2. The van der Waals surface area contributed by atoms with Crippen LogP contribution in [0, 0.1) is 5.92 Å². The Kier molecular flexibility index (Phi) is 17.4. The first-order valence-electron chi connectivity index (χ1n) is 15.8. The molecule has 11 heteroatoms. The Morgan fingerprint density at radius 2 is 1.54 bits per heavy atom. The number of rotatable bonds is 12. The molecule has 5 N–H and O–H groups in total. The van der Waals surface area contributed by atoms with Crippen molar-refractivity contribution in [1.29, 1.82) is 0 Å². The van der Waals surface area contributed by atoms with Crippen molar-refractivity contribution in [3.05, 3.63) is 96.1 Å². The third kappa shape index (κ3) is 14.4. The van der Waals surface area contributed by atoms with Crippen molar-refractivity contribution in [3.63, 3.8) is 0 Å². The molecule has 0 aromatic heterocycles. The summed E-state index contributed by atoms with van der Waals surface area (Å²) in [6, 6.07) is 27.6. The Morgan fingerprint density at radius 1 is 0.957 bits per heavy atom. The van der Waals surface area contributed by atoms with Gasteiger partial charge in [0.2, 0.25) is 15.9 Å². The first-order valence-corrected chi connectivity index (χ1v) is 17.2. The molecule has 0 bridgehead atoms. The van der Waals surface area contributed by atoms with Crippen LogP contribution in [0.5, 0.6) is 0 Å². The fourth-order valence-electron chi connectivity index (χ4n) is 4.52. The molecule has 46 heavy (non-hydrogen) atoms. The van der Waals surface area contributed by atoms with Crippen LogP contribution in [0.1, 0.15) is 51.2 Å². The molecule has 10 nitrogen and oxygen atoms in total. The van der Waals surface area contributed by atoms with E-state index in [0.717, 1.165) is 38.8 Å². The zero-order chi connectivity index (χ0) is 33.8. The van der Waals surface area contributed by atoms with E-state index in [1.807, 2.05) is 6.92 Å². The maximum Gasteiger partial charge on any atom is 0.407 e. The highest BCUT2D eigenvalue weighted by Crippen LogP contribution is 2.23. The van der Waals surface area contributed by atoms with Crippen molar-refractivity contribution < 1.29 is 22.7 Å². The highest BCUT2D eigenvalue weighted by molar-refractivity contribution is 7.89. The van der Waals surface area contributed by atoms with Crippen LogP contribution in [0.25, 0.3) is 0 Å². The van der Waals surface area contributed by atoms with E-state index in [1.165, 1.54) is 18.2 Å². The standard InChI is InChI=1S/C15H25N3O2S.C13H12.C7H14N2O3/c1-12(2)8-10-18(14-7-9-17-11-14)21(19,20)15-5-3-13(16)4-6-15;1-3-7-12(8-4-1)11-13-9-5-2-6-10-13;1-3-4-8-6(10)5-9-7(11)12-2/h3-6,12,14,17H,7-11,16H2,1-2H3;1-10H,11H2;3-5H2,1-2H3,(H,8,10)(H,9,11). The lowest BCUT2D eigenvalue weighted by Gasteiger charge is -2.28. The zero-order valence-electron chi connectivity index (χ0n) is 27.6. The van der Waals surface area contributed by atoms with Gasteiger partial charge < -0.3 is 26.4 Å². The minimum atomic E-state index is -3.46. The minimum Gasteiger partial charge on any atom is -0.453 e. The molecule has 1 unspecified atom stereocenters. The molecule has 1 aliphatic heterocycles. The lowest BCUT2D eigenvalue weighted by molar-refractivity contribution is -0.120. The molecule has 2 amide bonds. The van der Waals surface area contributed by atoms with Crippen molar-refractivity contribution in [2.45, 2.75) is 57.4 Å². The second-order valence-electron chi connectivity index (χ2n) is 11.4. The zero-order valence-corrected chi connectivity index (χ0v) is 28.4. The molecule has 3 aromatic carbocycles. The predicted octanol–water partition coefficient (Wildman–Crippen LogP) is 4.81. The second-order valence-corrected chi connectivity index (χ2v) is 13.2. The smallest absolute Gasteiger partial charge is 0.407 e. The maximum absolute atomic E-state index is 12.9. The highest BCUT2D eigenvalue weighted by atomic mass is 32.2. The number of nitrogens with one attached hydrogen (secondary N) is 3. The Labute approximate surface area is 275 Å². The summed E-state index contributed by atoms with van der Waals surface area (Å²) in [5.41, 5.74) is 8.96. The van der Waals surface area contributed by atoms with Crippen LogP contribution in [0.3, 0.4) is 0 Å². The van der Waals surface area contributed by atoms with Gasteiger partial charge in [0.15, 0.2) is 0 Å². The Hall–Kier alpha value is -3.93. The summed E-state index contributed by atoms with van der Waals surface area (Å²) in [5, 5.41) is 8.12. The maximum atomic E-state index is 12.9. The SMILES string of the molecule is CC(C)CCN(C1CCNC1)S(=O)(=O)c1ccc(N)cc1.CCCNC(=O)CNC(=O)OC.c1ccc(Cc2ccccc2)cc1. The highest BCUT2D eigenvalue weighted by Gasteiger charge is 2.33. The minimum absolute atomic E-state index is 0.0350. The average Bonchev–Trinajstić information content (AvgIpc) is 3.59. The molecular formula is C35H51N5O5S. The normalized spacial score (nSPS) is 14.0. The van der Waals surface area contributed by atoms with Gasteiger partial charge in [0.25, 0.3) is 0 Å². The lowest BCUT2D eigenvalue weighted by atomic mass is 10.1. The van der Waals surface area contributed by atoms with Crippen LogP contribution in [-0.4, -0.2) is 70.6 Å². The van der Waals surface area contributed by atoms with Crippen molar-refractivity contribution >= 4 is 27.7 Å². The number of anilines is 1. The van der Waals surface area contributed by atoms with Crippen LogP contribution in [0.4, 0.5) is 10.5 Å². The van der Waals surface area contributed by atoms with E-state index >= 15 is 0 Å². The fourth-order valence-corrected chi connectivity index (χ4v) is 6.19. The lowest BCUT2D eigenvalue weighted by Crippen LogP contribution is -2.42. The van der Waals surface area contributed by atoms with Crippen molar-refractivity contribution in [3.8, 4) is 0 Å². The number of nitrogens with two attached hydrogens (primary N) is 1. The molecule has 1 saturated heterocycles. The molecule has 252 valence electrons. The molecule has 1 heterocycles. The Morgan fingerprint density at radius 3 is 2.02 bits per heavy atom. The molecule has 0 saturated carbocycles. The van der Waals surface area contributed by atoms with E-state index in [4.69, 9.17) is 5.73 Å². The fraction of sp³-hybridized carbons (Fsp3) is 0.429. The third-order valence-corrected chi connectivity index (χ3v) is 9.07. The van der Waals surface area contributed by atoms with E-state index < -0.39 is 16.1 Å². The van der Waals surface area contributed by atoms with E-state index in [1.54, 1.807) is 28.6 Å². The topological polar surface area (TPSA) is 143 Å². The van der Waals surface area contributed by atoms with Gasteiger partial charge in [-0.1, -0.05) is 81.4 Å². The van der Waals surface area contributed by atoms with Crippen molar-refractivity contribution in [1.82, 2.24) is 20.3 Å². The summed E-state index contributed by atoms with van der Waals surface area (Å²) in [7, 11) is -2.21. The number of hydrogen-bond donors (Lipinski definition) is 4. The first kappa shape index (κ1) is 38.3. The summed E-state index contributed by atoms with van der Waals surface area (Å²) in [4.78, 5) is 21.6. The molecule has 1 aliphatic rings. The van der Waals surface area contributed by atoms with Gasteiger partial charge in [-0.25, -0.2) is 13.2 Å². The van der Waals surface area contributed by atoms with Crippen molar-refractivity contribution in [2.24, 2.45) is 5.92 Å². The summed E-state index contributed by atoms with van der Waals surface area (Å²) < 4.78 is 31.7. The van der Waals surface area contributed by atoms with Gasteiger partial charge >= 0.3 is 6.09 Å². The molecule has 0 spiro atoms. The van der Waals surface area contributed by atoms with Gasteiger partial charge in [-0.15, -0.1) is 0 Å². The van der Waals surface area contributed by atoms with Gasteiger partial charge in [-0.3, -0.25) is 4.79 Å². The monoisotopic (exact) mass is 653 g/mol. The quantitative estimate of drug-likeness (QED) is 0.206. The summed E-state index contributed by atoms with van der Waals surface area (Å²) in [6.07, 6.45) is 3.05. The van der Waals surface area contributed by atoms with Crippen LogP contribution in [0.2, 0.25) is 0 Å². The molecular weight excluding hydrogens is 602 g/mol. The second kappa shape index (κ2) is 21.0. The van der Waals surface area contributed by atoms with E-state index in [0.29, 0.717) is 29.6 Å².